The van der Waals surface area contributed by atoms with Crippen LogP contribution in [0.5, 0.6) is 0 Å². The number of nitrogens with one attached hydrogen (secondary N) is 1. The van der Waals surface area contributed by atoms with Crippen molar-refractivity contribution < 1.29 is 4.79 Å². The number of carbonyl (C=O) groups excluding carboxylic acids is 1. The van der Waals surface area contributed by atoms with Crippen molar-refractivity contribution in [3.63, 3.8) is 0 Å². The molecule has 4 atom stereocenters. The molecule has 1 saturated carbocycles. The van der Waals surface area contributed by atoms with Crippen LogP contribution in [0.15, 0.2) is 0 Å². The fraction of sp³-hybridized carbons (Fsp3) is 0.944. The molecule has 0 bridgehead atoms. The quantitative estimate of drug-likeness (QED) is 0.812. The lowest BCUT2D eigenvalue weighted by Crippen LogP contribution is -2.47. The highest BCUT2D eigenvalue weighted by molar-refractivity contribution is 5.76. The fourth-order valence-corrected chi connectivity index (χ4v) is 3.73. The molecule has 1 aliphatic rings. The largest absolute Gasteiger partial charge is 0.353 e. The van der Waals surface area contributed by atoms with E-state index in [1.807, 2.05) is 0 Å². The van der Waals surface area contributed by atoms with Gasteiger partial charge in [-0.3, -0.25) is 4.79 Å². The van der Waals surface area contributed by atoms with E-state index in [1.54, 1.807) is 0 Å². The van der Waals surface area contributed by atoms with E-state index >= 15 is 0 Å². The zero-order valence-electron chi connectivity index (χ0n) is 14.9. The maximum Gasteiger partial charge on any atom is 0.221 e. The van der Waals surface area contributed by atoms with Crippen LogP contribution in [-0.4, -0.2) is 18.0 Å². The van der Waals surface area contributed by atoms with Crippen molar-refractivity contribution in [2.75, 3.05) is 0 Å². The predicted octanol–water partition coefficient (Wildman–Crippen LogP) is 3.72. The van der Waals surface area contributed by atoms with Crippen LogP contribution in [0.3, 0.4) is 0 Å². The van der Waals surface area contributed by atoms with Crippen molar-refractivity contribution in [2.45, 2.75) is 85.7 Å². The fourth-order valence-electron chi connectivity index (χ4n) is 3.73. The summed E-state index contributed by atoms with van der Waals surface area (Å²) in [7, 11) is 0. The lowest BCUT2D eigenvalue weighted by molar-refractivity contribution is -0.123. The summed E-state index contributed by atoms with van der Waals surface area (Å²) in [6.45, 7) is 13.3. The molecule has 3 heteroatoms. The molecule has 0 spiro atoms. The van der Waals surface area contributed by atoms with E-state index in [0.29, 0.717) is 30.2 Å². The second-order valence-corrected chi connectivity index (χ2v) is 8.73. The monoisotopic (exact) mass is 296 g/mol. The number of carbonyl (C=O) groups is 1. The highest BCUT2D eigenvalue weighted by atomic mass is 16.1. The van der Waals surface area contributed by atoms with Gasteiger partial charge in [0, 0.05) is 18.5 Å². The maximum atomic E-state index is 12.3. The van der Waals surface area contributed by atoms with Crippen LogP contribution in [-0.2, 0) is 4.79 Å². The zero-order chi connectivity index (χ0) is 16.2. The van der Waals surface area contributed by atoms with Crippen molar-refractivity contribution in [3.05, 3.63) is 0 Å². The van der Waals surface area contributed by atoms with Gasteiger partial charge in [-0.2, -0.15) is 0 Å². The van der Waals surface area contributed by atoms with Gasteiger partial charge >= 0.3 is 0 Å². The molecule has 1 amide bonds. The Hall–Kier alpha value is -0.570. The number of rotatable bonds is 5. The molecule has 0 heterocycles. The first-order chi connectivity index (χ1) is 9.58. The van der Waals surface area contributed by atoms with E-state index in [-0.39, 0.29) is 17.4 Å². The van der Waals surface area contributed by atoms with Crippen molar-refractivity contribution in [3.8, 4) is 0 Å². The summed E-state index contributed by atoms with van der Waals surface area (Å²) in [6.07, 6.45) is 4.97. The Morgan fingerprint density at radius 1 is 1.29 bits per heavy atom. The van der Waals surface area contributed by atoms with Gasteiger partial charge in [-0.05, 0) is 42.4 Å². The summed E-state index contributed by atoms with van der Waals surface area (Å²) in [5.41, 5.74) is 6.31. The van der Waals surface area contributed by atoms with Gasteiger partial charge in [0.2, 0.25) is 5.91 Å². The number of nitrogens with two attached hydrogens (primary N) is 1. The van der Waals surface area contributed by atoms with Crippen LogP contribution in [0.1, 0.15) is 73.6 Å². The van der Waals surface area contributed by atoms with Gasteiger partial charge in [0.25, 0.3) is 0 Å². The summed E-state index contributed by atoms with van der Waals surface area (Å²) in [5.74, 6) is 2.10. The summed E-state index contributed by atoms with van der Waals surface area (Å²) >= 11 is 0. The molecule has 21 heavy (non-hydrogen) atoms. The molecule has 3 nitrogen and oxygen atoms in total. The van der Waals surface area contributed by atoms with Gasteiger partial charge in [0.05, 0.1) is 0 Å². The molecular weight excluding hydrogens is 260 g/mol. The van der Waals surface area contributed by atoms with Crippen LogP contribution in [0.25, 0.3) is 0 Å². The molecular formula is C18H36N2O. The summed E-state index contributed by atoms with van der Waals surface area (Å²) in [4.78, 5) is 12.3. The first kappa shape index (κ1) is 18.5. The van der Waals surface area contributed by atoms with E-state index in [0.717, 1.165) is 12.8 Å². The second kappa shape index (κ2) is 7.62. The minimum atomic E-state index is -0.0384. The molecule has 3 N–H and O–H groups in total. The lowest BCUT2D eigenvalue weighted by atomic mass is 9.74. The van der Waals surface area contributed by atoms with Crippen LogP contribution in [0.4, 0.5) is 0 Å². The van der Waals surface area contributed by atoms with Crippen molar-refractivity contribution in [1.29, 1.82) is 0 Å². The molecule has 124 valence electrons. The average molecular weight is 296 g/mol. The Labute approximate surface area is 131 Å². The normalized spacial score (nSPS) is 28.5. The molecule has 0 aliphatic heterocycles. The van der Waals surface area contributed by atoms with E-state index in [9.17, 15) is 4.79 Å². The molecule has 0 aromatic carbocycles. The molecule has 0 radical (unpaired) electrons. The predicted molar refractivity (Wildman–Crippen MR) is 89.9 cm³/mol. The minimum Gasteiger partial charge on any atom is -0.353 e. The van der Waals surface area contributed by atoms with Crippen molar-refractivity contribution in [2.24, 2.45) is 28.9 Å². The van der Waals surface area contributed by atoms with Crippen LogP contribution in [0.2, 0.25) is 0 Å². The van der Waals surface area contributed by atoms with Gasteiger partial charge in [0.15, 0.2) is 0 Å². The first-order valence-electron chi connectivity index (χ1n) is 8.63. The van der Waals surface area contributed by atoms with Gasteiger partial charge in [-0.25, -0.2) is 0 Å². The van der Waals surface area contributed by atoms with Gasteiger partial charge < -0.3 is 11.1 Å². The van der Waals surface area contributed by atoms with Gasteiger partial charge in [0.1, 0.15) is 0 Å². The summed E-state index contributed by atoms with van der Waals surface area (Å²) < 4.78 is 0. The Morgan fingerprint density at radius 3 is 2.43 bits per heavy atom. The van der Waals surface area contributed by atoms with E-state index in [2.05, 4.69) is 46.9 Å². The molecule has 0 aromatic heterocycles. The standard InChI is InChI=1S/C18H36N2O/c1-12(2)15-8-7-13(3)9-16(15)20-17(21)10-14(19)11-18(4,5)6/h12-16H,7-11,19H2,1-6H3,(H,20,21). The topological polar surface area (TPSA) is 55.1 Å². The Morgan fingerprint density at radius 2 is 1.90 bits per heavy atom. The van der Waals surface area contributed by atoms with Crippen LogP contribution >= 0.6 is 0 Å². The zero-order valence-corrected chi connectivity index (χ0v) is 14.9. The Bertz CT molecular complexity index is 333. The molecule has 1 fully saturated rings. The smallest absolute Gasteiger partial charge is 0.221 e. The second-order valence-electron chi connectivity index (χ2n) is 8.73. The van der Waals surface area contributed by atoms with Crippen LogP contribution in [0, 0.1) is 23.2 Å². The molecule has 1 aliphatic carbocycles. The summed E-state index contributed by atoms with van der Waals surface area (Å²) in [5, 5.41) is 3.28. The highest BCUT2D eigenvalue weighted by Crippen LogP contribution is 2.33. The molecule has 4 unspecified atom stereocenters. The molecule has 0 saturated heterocycles. The first-order valence-corrected chi connectivity index (χ1v) is 8.63. The Kier molecular flexibility index (Phi) is 6.71. The number of amides is 1. The van der Waals surface area contributed by atoms with Gasteiger partial charge in [-0.1, -0.05) is 48.0 Å². The number of hydrogen-bond donors (Lipinski definition) is 2. The van der Waals surface area contributed by atoms with Crippen LogP contribution < -0.4 is 11.1 Å². The summed E-state index contributed by atoms with van der Waals surface area (Å²) in [6, 6.07) is 0.298. The Balaban J connectivity index is 2.51. The van der Waals surface area contributed by atoms with Crippen molar-refractivity contribution >= 4 is 5.91 Å². The third-order valence-electron chi connectivity index (χ3n) is 4.69. The minimum absolute atomic E-state index is 0.0384. The average Bonchev–Trinajstić information content (AvgIpc) is 2.24. The molecule has 1 rings (SSSR count). The SMILES string of the molecule is CC1CCC(C(C)C)C(NC(=O)CC(N)CC(C)(C)C)C1. The van der Waals surface area contributed by atoms with E-state index in [1.165, 1.54) is 12.8 Å². The third kappa shape index (κ3) is 6.82. The van der Waals surface area contributed by atoms with Crippen molar-refractivity contribution in [1.82, 2.24) is 5.32 Å². The number of hydrogen-bond acceptors (Lipinski definition) is 2. The third-order valence-corrected chi connectivity index (χ3v) is 4.69. The maximum absolute atomic E-state index is 12.3. The molecule has 0 aromatic rings. The highest BCUT2D eigenvalue weighted by Gasteiger charge is 2.32. The van der Waals surface area contributed by atoms with E-state index < -0.39 is 0 Å². The van der Waals surface area contributed by atoms with Gasteiger partial charge in [-0.15, -0.1) is 0 Å². The lowest BCUT2D eigenvalue weighted by Gasteiger charge is -2.38. The van der Waals surface area contributed by atoms with E-state index in [4.69, 9.17) is 5.73 Å².